The molecule has 0 radical (unpaired) electrons. The van der Waals surface area contributed by atoms with E-state index in [-0.39, 0.29) is 0 Å². The van der Waals surface area contributed by atoms with Gasteiger partial charge in [-0.1, -0.05) is 19.9 Å². The Hall–Kier alpha value is -1.84. The van der Waals surface area contributed by atoms with Crippen molar-refractivity contribution in [1.82, 2.24) is 9.55 Å². The highest BCUT2D eigenvalue weighted by Crippen LogP contribution is 2.41. The maximum Gasteiger partial charge on any atom is 0.337 e. The quantitative estimate of drug-likeness (QED) is 0.871. The summed E-state index contributed by atoms with van der Waals surface area (Å²) in [5, 5.41) is 9.44. The number of para-hydroxylation sites is 1. The Labute approximate surface area is 124 Å². The molecule has 4 nitrogen and oxygen atoms in total. The molecule has 4 heteroatoms. The van der Waals surface area contributed by atoms with Gasteiger partial charge in [-0.05, 0) is 43.7 Å². The van der Waals surface area contributed by atoms with Crippen LogP contribution in [-0.4, -0.2) is 20.6 Å². The van der Waals surface area contributed by atoms with Crippen molar-refractivity contribution in [1.29, 1.82) is 0 Å². The summed E-state index contributed by atoms with van der Waals surface area (Å²) in [5.74, 6) is 1.41. The van der Waals surface area contributed by atoms with Crippen LogP contribution < -0.4 is 0 Å². The lowest BCUT2D eigenvalue weighted by Gasteiger charge is -2.11. The molecule has 1 saturated carbocycles. The van der Waals surface area contributed by atoms with E-state index in [0.717, 1.165) is 36.2 Å². The van der Waals surface area contributed by atoms with Crippen LogP contribution in [0.4, 0.5) is 0 Å². The monoisotopic (exact) mass is 286 g/mol. The Morgan fingerprint density at radius 3 is 2.81 bits per heavy atom. The van der Waals surface area contributed by atoms with E-state index in [0.29, 0.717) is 17.4 Å². The smallest absolute Gasteiger partial charge is 0.337 e. The van der Waals surface area contributed by atoms with Crippen molar-refractivity contribution in [2.24, 2.45) is 5.92 Å². The number of imidazole rings is 1. The third-order valence-electron chi connectivity index (χ3n) is 4.13. The van der Waals surface area contributed by atoms with Crippen molar-refractivity contribution >= 4 is 17.0 Å². The van der Waals surface area contributed by atoms with E-state index in [1.807, 2.05) is 6.07 Å². The second-order valence-electron chi connectivity index (χ2n) is 6.41. The molecule has 21 heavy (non-hydrogen) atoms. The molecule has 3 rings (SSSR count). The van der Waals surface area contributed by atoms with Gasteiger partial charge in [0.05, 0.1) is 16.6 Å². The average Bonchev–Trinajstić information content (AvgIpc) is 3.21. The van der Waals surface area contributed by atoms with Gasteiger partial charge in [-0.15, -0.1) is 0 Å². The Morgan fingerprint density at radius 2 is 2.19 bits per heavy atom. The molecule has 0 aliphatic heterocycles. The lowest BCUT2D eigenvalue weighted by Crippen LogP contribution is -2.07. The van der Waals surface area contributed by atoms with Crippen LogP contribution in [0.2, 0.25) is 0 Å². The first kappa shape index (κ1) is 14.1. The fourth-order valence-electron chi connectivity index (χ4n) is 2.91. The number of hydrogen-bond donors (Lipinski definition) is 1. The lowest BCUT2D eigenvalue weighted by atomic mass is 10.1. The zero-order valence-corrected chi connectivity index (χ0v) is 12.7. The fraction of sp³-hybridized carbons (Fsp3) is 0.529. The van der Waals surface area contributed by atoms with Crippen LogP contribution in [-0.2, 0) is 6.54 Å². The Balaban J connectivity index is 2.04. The first-order valence-corrected chi connectivity index (χ1v) is 7.80. The second kappa shape index (κ2) is 5.51. The summed E-state index contributed by atoms with van der Waals surface area (Å²) < 4.78 is 2.17. The molecule has 1 aromatic carbocycles. The summed E-state index contributed by atoms with van der Waals surface area (Å²) in [7, 11) is 0. The summed E-state index contributed by atoms with van der Waals surface area (Å²) in [6, 6.07) is 5.39. The third kappa shape index (κ3) is 2.80. The molecule has 0 amide bonds. The van der Waals surface area contributed by atoms with Crippen LogP contribution in [0.25, 0.3) is 11.0 Å². The van der Waals surface area contributed by atoms with E-state index in [1.165, 1.54) is 12.8 Å². The molecule has 1 aliphatic carbocycles. The van der Waals surface area contributed by atoms with E-state index >= 15 is 0 Å². The SMILES string of the molecule is CC(C)CCCn1c(C2CC2)nc2cccc(C(=O)O)c21. The second-order valence-corrected chi connectivity index (χ2v) is 6.41. The van der Waals surface area contributed by atoms with Gasteiger partial charge in [-0.2, -0.15) is 0 Å². The molecule has 1 N–H and O–H groups in total. The standard InChI is InChI=1S/C17H22N2O2/c1-11(2)5-4-10-19-15-13(17(20)21)6-3-7-14(15)18-16(19)12-8-9-12/h3,6-7,11-12H,4-5,8-10H2,1-2H3,(H,20,21). The fourth-order valence-corrected chi connectivity index (χ4v) is 2.91. The van der Waals surface area contributed by atoms with Crippen LogP contribution in [0.3, 0.4) is 0 Å². The van der Waals surface area contributed by atoms with Gasteiger partial charge < -0.3 is 9.67 Å². The molecular formula is C17H22N2O2. The highest BCUT2D eigenvalue weighted by Gasteiger charge is 2.30. The summed E-state index contributed by atoms with van der Waals surface area (Å²) in [6.45, 7) is 5.30. The molecule has 1 heterocycles. The minimum Gasteiger partial charge on any atom is -0.478 e. The number of fused-ring (bicyclic) bond motifs is 1. The molecule has 0 atom stereocenters. The number of carboxylic acid groups (broad SMARTS) is 1. The van der Waals surface area contributed by atoms with E-state index in [2.05, 4.69) is 18.4 Å². The van der Waals surface area contributed by atoms with Crippen molar-refractivity contribution in [2.75, 3.05) is 0 Å². The summed E-state index contributed by atoms with van der Waals surface area (Å²) >= 11 is 0. The zero-order valence-electron chi connectivity index (χ0n) is 12.7. The topological polar surface area (TPSA) is 55.1 Å². The van der Waals surface area contributed by atoms with Crippen molar-refractivity contribution in [3.63, 3.8) is 0 Å². The van der Waals surface area contributed by atoms with Gasteiger partial charge in [-0.25, -0.2) is 9.78 Å². The Kier molecular flexibility index (Phi) is 3.70. The average molecular weight is 286 g/mol. The Bertz CT molecular complexity index is 669. The largest absolute Gasteiger partial charge is 0.478 e. The molecular weight excluding hydrogens is 264 g/mol. The van der Waals surface area contributed by atoms with Gasteiger partial charge >= 0.3 is 5.97 Å². The van der Waals surface area contributed by atoms with Gasteiger partial charge in [-0.3, -0.25) is 0 Å². The predicted molar refractivity (Wildman–Crippen MR) is 82.7 cm³/mol. The predicted octanol–water partition coefficient (Wildman–Crippen LogP) is 4.05. The van der Waals surface area contributed by atoms with Crippen LogP contribution >= 0.6 is 0 Å². The molecule has 1 fully saturated rings. The molecule has 112 valence electrons. The van der Waals surface area contributed by atoms with Crippen molar-refractivity contribution in [2.45, 2.75) is 52.0 Å². The number of aromatic carboxylic acids is 1. The minimum atomic E-state index is -0.868. The molecule has 0 spiro atoms. The van der Waals surface area contributed by atoms with E-state index < -0.39 is 5.97 Å². The number of benzene rings is 1. The molecule has 1 aromatic heterocycles. The molecule has 0 saturated heterocycles. The number of carbonyl (C=O) groups is 1. The highest BCUT2D eigenvalue weighted by molar-refractivity contribution is 6.01. The van der Waals surface area contributed by atoms with Crippen LogP contribution in [0.5, 0.6) is 0 Å². The number of hydrogen-bond acceptors (Lipinski definition) is 2. The first-order chi connectivity index (χ1) is 10.1. The molecule has 1 aliphatic rings. The van der Waals surface area contributed by atoms with E-state index in [9.17, 15) is 9.90 Å². The van der Waals surface area contributed by atoms with Crippen molar-refractivity contribution in [3.05, 3.63) is 29.6 Å². The first-order valence-electron chi connectivity index (χ1n) is 7.80. The molecule has 0 unspecified atom stereocenters. The van der Waals surface area contributed by atoms with Crippen molar-refractivity contribution < 1.29 is 9.90 Å². The maximum atomic E-state index is 11.5. The lowest BCUT2D eigenvalue weighted by molar-refractivity contribution is 0.0698. The number of rotatable bonds is 6. The van der Waals surface area contributed by atoms with E-state index in [4.69, 9.17) is 4.98 Å². The van der Waals surface area contributed by atoms with Gasteiger partial charge in [0.25, 0.3) is 0 Å². The van der Waals surface area contributed by atoms with Gasteiger partial charge in [0.2, 0.25) is 0 Å². The number of aromatic nitrogens is 2. The summed E-state index contributed by atoms with van der Waals surface area (Å²) in [4.78, 5) is 16.2. The number of aryl methyl sites for hydroxylation is 1. The minimum absolute atomic E-state index is 0.372. The third-order valence-corrected chi connectivity index (χ3v) is 4.13. The van der Waals surface area contributed by atoms with Gasteiger partial charge in [0.1, 0.15) is 5.82 Å². The van der Waals surface area contributed by atoms with Crippen molar-refractivity contribution in [3.8, 4) is 0 Å². The zero-order chi connectivity index (χ0) is 15.0. The van der Waals surface area contributed by atoms with E-state index in [1.54, 1.807) is 12.1 Å². The van der Waals surface area contributed by atoms with Crippen LogP contribution in [0, 0.1) is 5.92 Å². The number of nitrogens with zero attached hydrogens (tertiary/aromatic N) is 2. The highest BCUT2D eigenvalue weighted by atomic mass is 16.4. The van der Waals surface area contributed by atoms with Gasteiger partial charge in [0, 0.05) is 12.5 Å². The maximum absolute atomic E-state index is 11.5. The normalized spacial score (nSPS) is 15.0. The molecule has 0 bridgehead atoms. The Morgan fingerprint density at radius 1 is 1.43 bits per heavy atom. The number of carboxylic acids is 1. The van der Waals surface area contributed by atoms with Crippen LogP contribution in [0.15, 0.2) is 18.2 Å². The van der Waals surface area contributed by atoms with Crippen LogP contribution in [0.1, 0.15) is 61.6 Å². The summed E-state index contributed by atoms with van der Waals surface area (Å²) in [6.07, 6.45) is 4.57. The van der Waals surface area contributed by atoms with Gasteiger partial charge in [0.15, 0.2) is 0 Å². The summed E-state index contributed by atoms with van der Waals surface area (Å²) in [5.41, 5.74) is 1.99. The molecule has 2 aromatic rings.